The molecule has 0 N–H and O–H groups in total. The van der Waals surface area contributed by atoms with Crippen LogP contribution in [0.15, 0.2) is 170 Å². The molecule has 9 aromatic rings. The normalized spacial score (nSPS) is 13.3. The minimum absolute atomic E-state index is 0.0590. The summed E-state index contributed by atoms with van der Waals surface area (Å²) in [5.74, 6) is 0. The van der Waals surface area contributed by atoms with Crippen LogP contribution in [0.4, 0.5) is 0 Å². The summed E-state index contributed by atoms with van der Waals surface area (Å²) in [7, 11) is 0. The number of rotatable bonds is 3. The second-order valence-electron chi connectivity index (χ2n) is 14.1. The zero-order valence-electron chi connectivity index (χ0n) is 27.7. The molecule has 0 heteroatoms. The first-order valence-corrected chi connectivity index (χ1v) is 17.3. The number of hydrogen-bond donors (Lipinski definition) is 0. The summed E-state index contributed by atoms with van der Waals surface area (Å²) in [6.45, 7) is 4.75. The van der Waals surface area contributed by atoms with Crippen LogP contribution in [0.5, 0.6) is 0 Å². The lowest BCUT2D eigenvalue weighted by molar-refractivity contribution is 0.666. The van der Waals surface area contributed by atoms with E-state index < -0.39 is 0 Å². The van der Waals surface area contributed by atoms with E-state index in [0.717, 1.165) is 0 Å². The lowest BCUT2D eigenvalue weighted by Gasteiger charge is -2.23. The van der Waals surface area contributed by atoms with Crippen LogP contribution in [0, 0.1) is 0 Å². The fraction of sp³-hybridized carbons (Fsp3) is 0.0612. The largest absolute Gasteiger partial charge is 0.0616 e. The highest BCUT2D eigenvalue weighted by atomic mass is 14.4. The molecule has 49 heavy (non-hydrogen) atoms. The van der Waals surface area contributed by atoms with E-state index in [-0.39, 0.29) is 5.41 Å². The Balaban J connectivity index is 1.16. The highest BCUT2D eigenvalue weighted by Gasteiger charge is 2.37. The minimum atomic E-state index is -0.0590. The first-order chi connectivity index (χ1) is 24.1. The molecular weight excluding hydrogens is 589 g/mol. The summed E-state index contributed by atoms with van der Waals surface area (Å²) in [6, 6.07) is 63.1. The standard InChI is InChI=1S/C49H34/c1-49(2)45-27-25-35(30-44(45)43-26-24-32-13-5-6-17-38(32)48(43)49)34-15-11-16-36(29-34)46-39-18-7-9-20-41(39)47(42-21-10-8-19-40(42)46)37-23-22-31-12-3-4-14-33(31)28-37/h3-30H,1-2H3. The molecule has 0 atom stereocenters. The fourth-order valence-corrected chi connectivity index (χ4v) is 8.75. The average Bonchev–Trinajstić information content (AvgIpc) is 3.39. The van der Waals surface area contributed by atoms with Gasteiger partial charge in [-0.2, -0.15) is 0 Å². The molecule has 230 valence electrons. The van der Waals surface area contributed by atoms with Crippen molar-refractivity contribution in [2.45, 2.75) is 19.3 Å². The molecule has 0 aromatic heterocycles. The van der Waals surface area contributed by atoms with Crippen LogP contribution in [-0.4, -0.2) is 0 Å². The van der Waals surface area contributed by atoms with Gasteiger partial charge in [-0.25, -0.2) is 0 Å². The second-order valence-corrected chi connectivity index (χ2v) is 14.1. The average molecular weight is 623 g/mol. The Morgan fingerprint density at radius 2 is 0.837 bits per heavy atom. The molecule has 0 radical (unpaired) electrons. The maximum Gasteiger partial charge on any atom is 0.0165 e. The van der Waals surface area contributed by atoms with Crippen molar-refractivity contribution in [3.63, 3.8) is 0 Å². The smallest absolute Gasteiger partial charge is 0.0165 e. The molecule has 0 bridgehead atoms. The maximum atomic E-state index is 2.43. The topological polar surface area (TPSA) is 0 Å². The van der Waals surface area contributed by atoms with E-state index in [1.165, 1.54) is 98.7 Å². The fourth-order valence-electron chi connectivity index (χ4n) is 8.75. The van der Waals surface area contributed by atoms with E-state index in [9.17, 15) is 0 Å². The van der Waals surface area contributed by atoms with Gasteiger partial charge in [0.1, 0.15) is 0 Å². The molecule has 0 nitrogen and oxygen atoms in total. The van der Waals surface area contributed by atoms with Gasteiger partial charge in [0.2, 0.25) is 0 Å². The van der Waals surface area contributed by atoms with Crippen LogP contribution in [0.1, 0.15) is 25.0 Å². The zero-order chi connectivity index (χ0) is 32.7. The van der Waals surface area contributed by atoms with Gasteiger partial charge in [-0.1, -0.05) is 166 Å². The van der Waals surface area contributed by atoms with Crippen LogP contribution < -0.4 is 0 Å². The molecule has 0 saturated carbocycles. The molecule has 1 aliphatic carbocycles. The predicted molar refractivity (Wildman–Crippen MR) is 210 cm³/mol. The van der Waals surface area contributed by atoms with Crippen molar-refractivity contribution >= 4 is 43.1 Å². The lowest BCUT2D eigenvalue weighted by Crippen LogP contribution is -2.15. The van der Waals surface area contributed by atoms with Gasteiger partial charge in [-0.3, -0.25) is 0 Å². The Labute approximate surface area is 286 Å². The minimum Gasteiger partial charge on any atom is -0.0616 e. The number of fused-ring (bicyclic) bond motifs is 8. The third-order valence-corrected chi connectivity index (χ3v) is 11.0. The van der Waals surface area contributed by atoms with Gasteiger partial charge in [0.25, 0.3) is 0 Å². The Kier molecular flexibility index (Phi) is 6.02. The Hall–Kier alpha value is -5.98. The highest BCUT2D eigenvalue weighted by molar-refractivity contribution is 6.21. The monoisotopic (exact) mass is 622 g/mol. The van der Waals surface area contributed by atoms with Crippen molar-refractivity contribution in [1.29, 1.82) is 0 Å². The predicted octanol–water partition coefficient (Wildman–Crippen LogP) is 13.6. The molecule has 0 spiro atoms. The molecular formula is C49H34. The van der Waals surface area contributed by atoms with Crippen molar-refractivity contribution in [2.75, 3.05) is 0 Å². The molecule has 1 aliphatic rings. The lowest BCUT2D eigenvalue weighted by atomic mass is 9.80. The van der Waals surface area contributed by atoms with Crippen molar-refractivity contribution in [3.05, 3.63) is 181 Å². The van der Waals surface area contributed by atoms with Crippen molar-refractivity contribution in [1.82, 2.24) is 0 Å². The van der Waals surface area contributed by atoms with Crippen molar-refractivity contribution < 1.29 is 0 Å². The molecule has 0 aliphatic heterocycles. The summed E-state index contributed by atoms with van der Waals surface area (Å²) in [5, 5.41) is 10.3. The zero-order valence-corrected chi connectivity index (χ0v) is 27.7. The first-order valence-electron chi connectivity index (χ1n) is 17.3. The van der Waals surface area contributed by atoms with Gasteiger partial charge in [0.05, 0.1) is 0 Å². The quantitative estimate of drug-likeness (QED) is 0.172. The Morgan fingerprint density at radius 3 is 1.53 bits per heavy atom. The summed E-state index contributed by atoms with van der Waals surface area (Å²) >= 11 is 0. The van der Waals surface area contributed by atoms with E-state index >= 15 is 0 Å². The second kappa shape index (κ2) is 10.5. The van der Waals surface area contributed by atoms with Gasteiger partial charge in [-0.05, 0) is 117 Å². The number of benzene rings is 9. The van der Waals surface area contributed by atoms with E-state index in [1.807, 2.05) is 0 Å². The third-order valence-electron chi connectivity index (χ3n) is 11.0. The highest BCUT2D eigenvalue weighted by Crippen LogP contribution is 2.52. The SMILES string of the molecule is CC1(C)c2ccc(-c3cccc(-c4c5ccccc5c(-c5ccc6ccccc6c5)c5ccccc45)c3)cc2-c2ccc3ccccc3c21. The van der Waals surface area contributed by atoms with Crippen LogP contribution in [0.3, 0.4) is 0 Å². The van der Waals surface area contributed by atoms with Crippen LogP contribution >= 0.6 is 0 Å². The summed E-state index contributed by atoms with van der Waals surface area (Å²) in [4.78, 5) is 0. The number of hydrogen-bond acceptors (Lipinski definition) is 0. The molecule has 10 rings (SSSR count). The Bertz CT molecular complexity index is 2740. The van der Waals surface area contributed by atoms with Gasteiger partial charge < -0.3 is 0 Å². The van der Waals surface area contributed by atoms with E-state index in [0.29, 0.717) is 0 Å². The van der Waals surface area contributed by atoms with Crippen LogP contribution in [-0.2, 0) is 5.41 Å². The van der Waals surface area contributed by atoms with E-state index in [4.69, 9.17) is 0 Å². The summed E-state index contributed by atoms with van der Waals surface area (Å²) in [5.41, 5.74) is 13.1. The Morgan fingerprint density at radius 1 is 0.327 bits per heavy atom. The van der Waals surface area contributed by atoms with E-state index in [2.05, 4.69) is 184 Å². The molecule has 0 saturated heterocycles. The summed E-state index contributed by atoms with van der Waals surface area (Å²) in [6.07, 6.45) is 0. The van der Waals surface area contributed by atoms with Crippen molar-refractivity contribution in [2.24, 2.45) is 0 Å². The van der Waals surface area contributed by atoms with Gasteiger partial charge >= 0.3 is 0 Å². The van der Waals surface area contributed by atoms with E-state index in [1.54, 1.807) is 0 Å². The maximum absolute atomic E-state index is 2.43. The molecule has 0 unspecified atom stereocenters. The third kappa shape index (κ3) is 4.17. The summed E-state index contributed by atoms with van der Waals surface area (Å²) < 4.78 is 0. The molecule has 9 aromatic carbocycles. The van der Waals surface area contributed by atoms with Gasteiger partial charge in [0.15, 0.2) is 0 Å². The molecule has 0 heterocycles. The molecule has 0 amide bonds. The van der Waals surface area contributed by atoms with Crippen molar-refractivity contribution in [3.8, 4) is 44.5 Å². The van der Waals surface area contributed by atoms with Gasteiger partial charge in [0, 0.05) is 5.41 Å². The first kappa shape index (κ1) is 28.1. The molecule has 0 fully saturated rings. The van der Waals surface area contributed by atoms with Crippen LogP contribution in [0.25, 0.3) is 87.6 Å². The van der Waals surface area contributed by atoms with Gasteiger partial charge in [-0.15, -0.1) is 0 Å². The van der Waals surface area contributed by atoms with Crippen LogP contribution in [0.2, 0.25) is 0 Å².